The summed E-state index contributed by atoms with van der Waals surface area (Å²) >= 11 is 1.40. The van der Waals surface area contributed by atoms with Crippen LogP contribution in [0.1, 0.15) is 15.2 Å². The highest BCUT2D eigenvalue weighted by molar-refractivity contribution is 7.15. The summed E-state index contributed by atoms with van der Waals surface area (Å²) in [6.45, 7) is 1.80. The maximum absolute atomic E-state index is 10.9. The molecule has 1 aromatic heterocycles. The normalized spacial score (nSPS) is 10.3. The fourth-order valence-electron chi connectivity index (χ4n) is 1.29. The highest BCUT2D eigenvalue weighted by atomic mass is 32.1. The van der Waals surface area contributed by atoms with E-state index in [4.69, 9.17) is 5.73 Å². The van der Waals surface area contributed by atoms with Crippen LogP contribution in [0.4, 0.5) is 0 Å². The Kier molecular flexibility index (Phi) is 2.62. The van der Waals surface area contributed by atoms with Gasteiger partial charge in [-0.3, -0.25) is 4.79 Å². The summed E-state index contributed by atoms with van der Waals surface area (Å²) in [5.41, 5.74) is 6.46. The molecule has 1 aromatic carbocycles. The molecular weight excluding hydrogens is 224 g/mol. The number of carbonyl (C=O) groups excluding carboxylic acids is 1. The van der Waals surface area contributed by atoms with Crippen molar-refractivity contribution in [1.29, 1.82) is 0 Å². The summed E-state index contributed by atoms with van der Waals surface area (Å²) in [7, 11) is 0. The number of aryl methyl sites for hydroxylation is 1. The Hall–Kier alpha value is -1.88. The fraction of sp³-hybridized carbons (Fsp3) is 0.0909. The molecule has 0 bridgehead atoms. The first kappa shape index (κ1) is 10.6. The number of nitrogens with two attached hydrogens (primary N) is 1. The van der Waals surface area contributed by atoms with E-state index in [9.17, 15) is 9.90 Å². The van der Waals surface area contributed by atoms with Gasteiger partial charge in [0.15, 0.2) is 0 Å². The van der Waals surface area contributed by atoms with Crippen LogP contribution in [0.5, 0.6) is 5.88 Å². The number of thiazole rings is 1. The van der Waals surface area contributed by atoms with E-state index < -0.39 is 5.91 Å². The van der Waals surface area contributed by atoms with E-state index in [1.165, 1.54) is 11.3 Å². The van der Waals surface area contributed by atoms with Crippen LogP contribution in [0.2, 0.25) is 0 Å². The van der Waals surface area contributed by atoms with Gasteiger partial charge in [0.25, 0.3) is 0 Å². The number of carbonyl (C=O) groups is 1. The zero-order valence-electron chi connectivity index (χ0n) is 8.60. The molecule has 0 aliphatic heterocycles. The van der Waals surface area contributed by atoms with Gasteiger partial charge < -0.3 is 10.8 Å². The monoisotopic (exact) mass is 234 g/mol. The van der Waals surface area contributed by atoms with Crippen LogP contribution in [0.25, 0.3) is 10.6 Å². The number of hydrogen-bond donors (Lipinski definition) is 2. The largest absolute Gasteiger partial charge is 0.492 e. The fourth-order valence-corrected chi connectivity index (χ4v) is 2.10. The maximum Gasteiger partial charge on any atom is 0.248 e. The van der Waals surface area contributed by atoms with Gasteiger partial charge in [0.2, 0.25) is 11.8 Å². The number of aromatic hydroxyl groups is 1. The minimum absolute atomic E-state index is 0.0546. The van der Waals surface area contributed by atoms with Crippen molar-refractivity contribution in [3.63, 3.8) is 0 Å². The average Bonchev–Trinajstić information content (AvgIpc) is 2.59. The Morgan fingerprint density at radius 2 is 2.00 bits per heavy atom. The maximum atomic E-state index is 10.9. The molecule has 2 rings (SSSR count). The summed E-state index contributed by atoms with van der Waals surface area (Å²) in [5.74, 6) is -0.399. The summed E-state index contributed by atoms with van der Waals surface area (Å²) in [5, 5.41) is 10.1. The molecule has 0 unspecified atom stereocenters. The molecule has 4 nitrogen and oxygen atoms in total. The lowest BCUT2D eigenvalue weighted by Gasteiger charge is -1.97. The number of primary amides is 1. The highest BCUT2D eigenvalue weighted by Gasteiger charge is 2.08. The molecule has 0 radical (unpaired) electrons. The average molecular weight is 234 g/mol. The van der Waals surface area contributed by atoms with E-state index in [1.54, 1.807) is 31.2 Å². The van der Waals surface area contributed by atoms with Crippen LogP contribution in [0.15, 0.2) is 24.3 Å². The third kappa shape index (κ3) is 1.90. The van der Waals surface area contributed by atoms with E-state index in [0.29, 0.717) is 5.56 Å². The lowest BCUT2D eigenvalue weighted by molar-refractivity contribution is 0.100. The van der Waals surface area contributed by atoms with Crippen LogP contribution >= 0.6 is 11.3 Å². The molecule has 2 aromatic rings. The minimum Gasteiger partial charge on any atom is -0.492 e. The molecule has 1 amide bonds. The van der Waals surface area contributed by atoms with Gasteiger partial charge in [-0.2, -0.15) is 0 Å². The van der Waals surface area contributed by atoms with Crippen molar-refractivity contribution in [2.24, 2.45) is 5.73 Å². The molecule has 0 atom stereocenters. The molecule has 0 aliphatic rings. The first-order valence-electron chi connectivity index (χ1n) is 4.64. The number of aromatic nitrogens is 1. The number of nitrogens with zero attached hydrogens (tertiary/aromatic N) is 1. The van der Waals surface area contributed by atoms with Gasteiger partial charge in [-0.15, -0.1) is 11.3 Å². The highest BCUT2D eigenvalue weighted by Crippen LogP contribution is 2.30. The van der Waals surface area contributed by atoms with Gasteiger partial charge in [0.05, 0.1) is 4.88 Å². The van der Waals surface area contributed by atoms with E-state index in [1.807, 2.05) is 0 Å². The Balaban J connectivity index is 2.38. The molecule has 0 saturated carbocycles. The first-order chi connectivity index (χ1) is 7.58. The SMILES string of the molecule is Cc1sc(-c2ccc(C(N)=O)cc2)nc1O. The summed E-state index contributed by atoms with van der Waals surface area (Å²) in [6, 6.07) is 6.81. The van der Waals surface area contributed by atoms with Crippen LogP contribution in [-0.4, -0.2) is 16.0 Å². The Bertz CT molecular complexity index is 512. The second kappa shape index (κ2) is 3.94. The third-order valence-corrected chi connectivity index (χ3v) is 3.20. The second-order valence-corrected chi connectivity index (χ2v) is 4.54. The Labute approximate surface area is 96.4 Å². The molecule has 82 valence electrons. The topological polar surface area (TPSA) is 76.2 Å². The van der Waals surface area contributed by atoms with Gasteiger partial charge >= 0.3 is 0 Å². The minimum atomic E-state index is -0.454. The van der Waals surface area contributed by atoms with Gasteiger partial charge in [-0.1, -0.05) is 12.1 Å². The molecule has 5 heteroatoms. The summed E-state index contributed by atoms with van der Waals surface area (Å²) in [6.07, 6.45) is 0. The lowest BCUT2D eigenvalue weighted by Crippen LogP contribution is -2.10. The standard InChI is InChI=1S/C11H10N2O2S/c1-6-10(15)13-11(16-6)8-4-2-7(3-5-8)9(12)14/h2-5,15H,1H3,(H2,12,14). The third-order valence-electron chi connectivity index (χ3n) is 2.19. The zero-order chi connectivity index (χ0) is 11.7. The van der Waals surface area contributed by atoms with Gasteiger partial charge in [0.1, 0.15) is 5.01 Å². The van der Waals surface area contributed by atoms with Crippen molar-refractivity contribution in [3.05, 3.63) is 34.7 Å². The molecule has 0 fully saturated rings. The van der Waals surface area contributed by atoms with Crippen LogP contribution in [-0.2, 0) is 0 Å². The molecule has 0 saturated heterocycles. The van der Waals surface area contributed by atoms with Crippen LogP contribution in [0.3, 0.4) is 0 Å². The number of rotatable bonds is 2. The van der Waals surface area contributed by atoms with Crippen LogP contribution < -0.4 is 5.73 Å². The summed E-state index contributed by atoms with van der Waals surface area (Å²) in [4.78, 5) is 15.7. The predicted molar refractivity (Wildman–Crippen MR) is 62.5 cm³/mol. The zero-order valence-corrected chi connectivity index (χ0v) is 9.41. The van der Waals surface area contributed by atoms with Crippen molar-refractivity contribution in [1.82, 2.24) is 4.98 Å². The van der Waals surface area contributed by atoms with E-state index in [0.717, 1.165) is 15.4 Å². The second-order valence-electron chi connectivity index (χ2n) is 3.34. The quantitative estimate of drug-likeness (QED) is 0.833. The molecule has 3 N–H and O–H groups in total. The molecule has 16 heavy (non-hydrogen) atoms. The summed E-state index contributed by atoms with van der Waals surface area (Å²) < 4.78 is 0. The Morgan fingerprint density at radius 1 is 1.38 bits per heavy atom. The number of hydrogen-bond acceptors (Lipinski definition) is 4. The van der Waals surface area contributed by atoms with Crippen LogP contribution in [0, 0.1) is 6.92 Å². The number of amides is 1. The molecule has 0 aliphatic carbocycles. The smallest absolute Gasteiger partial charge is 0.248 e. The van der Waals surface area contributed by atoms with Gasteiger partial charge in [0, 0.05) is 11.1 Å². The van der Waals surface area contributed by atoms with E-state index in [-0.39, 0.29) is 5.88 Å². The van der Waals surface area contributed by atoms with Gasteiger partial charge in [-0.25, -0.2) is 4.98 Å². The van der Waals surface area contributed by atoms with Gasteiger partial charge in [-0.05, 0) is 19.1 Å². The van der Waals surface area contributed by atoms with E-state index in [2.05, 4.69) is 4.98 Å². The number of benzene rings is 1. The van der Waals surface area contributed by atoms with E-state index >= 15 is 0 Å². The molecule has 0 spiro atoms. The van der Waals surface area contributed by atoms with Crippen molar-refractivity contribution >= 4 is 17.2 Å². The molecule has 1 heterocycles. The van der Waals surface area contributed by atoms with Crippen molar-refractivity contribution in [2.45, 2.75) is 6.92 Å². The van der Waals surface area contributed by atoms with Crippen molar-refractivity contribution < 1.29 is 9.90 Å². The van der Waals surface area contributed by atoms with Crippen molar-refractivity contribution in [2.75, 3.05) is 0 Å². The lowest BCUT2D eigenvalue weighted by atomic mass is 10.1. The van der Waals surface area contributed by atoms with Crippen molar-refractivity contribution in [3.8, 4) is 16.5 Å². The Morgan fingerprint density at radius 3 is 2.44 bits per heavy atom. The predicted octanol–water partition coefficient (Wildman–Crippen LogP) is 1.92. The molecular formula is C11H10N2O2S. The first-order valence-corrected chi connectivity index (χ1v) is 5.46.